The number of rotatable bonds is 1. The Morgan fingerprint density at radius 2 is 2.29 bits per heavy atom. The van der Waals surface area contributed by atoms with Crippen molar-refractivity contribution < 1.29 is 0 Å². The first-order valence-corrected chi connectivity index (χ1v) is 5.20. The van der Waals surface area contributed by atoms with Crippen molar-refractivity contribution in [1.82, 2.24) is 9.38 Å². The maximum Gasteiger partial charge on any atom is 0.138 e. The average Bonchev–Trinajstić information content (AvgIpc) is 2.77. The summed E-state index contributed by atoms with van der Waals surface area (Å²) in [5.74, 6) is 0. The highest BCUT2D eigenvalue weighted by Crippen LogP contribution is 2.46. The molecule has 3 heteroatoms. The summed E-state index contributed by atoms with van der Waals surface area (Å²) in [6.45, 7) is 2.26. The lowest BCUT2D eigenvalue weighted by molar-refractivity contribution is 0.759. The van der Waals surface area contributed by atoms with Gasteiger partial charge in [0.25, 0.3) is 0 Å². The van der Waals surface area contributed by atoms with E-state index in [2.05, 4.69) is 18.1 Å². The minimum absolute atomic E-state index is 0.332. The summed E-state index contributed by atoms with van der Waals surface area (Å²) in [5, 5.41) is 0.746. The van der Waals surface area contributed by atoms with Gasteiger partial charge < -0.3 is 4.40 Å². The standard InChI is InChI=1S/C11H11ClN2/c1-11(3-4-11)9-7-14-5-2-8(12)6-10(14)13-9/h2,5-7H,3-4H2,1H3. The largest absolute Gasteiger partial charge is 0.307 e. The van der Waals surface area contributed by atoms with E-state index < -0.39 is 0 Å². The van der Waals surface area contributed by atoms with Crippen molar-refractivity contribution in [2.45, 2.75) is 25.2 Å². The van der Waals surface area contributed by atoms with Gasteiger partial charge in [-0.3, -0.25) is 0 Å². The number of fused-ring (bicyclic) bond motifs is 1. The van der Waals surface area contributed by atoms with Gasteiger partial charge in [-0.2, -0.15) is 0 Å². The van der Waals surface area contributed by atoms with Gasteiger partial charge in [0.05, 0.1) is 5.69 Å². The minimum atomic E-state index is 0.332. The van der Waals surface area contributed by atoms with Crippen LogP contribution in [0, 0.1) is 0 Å². The fourth-order valence-corrected chi connectivity index (χ4v) is 1.85. The van der Waals surface area contributed by atoms with Crippen molar-refractivity contribution in [2.24, 2.45) is 0 Å². The zero-order chi connectivity index (χ0) is 9.76. The smallest absolute Gasteiger partial charge is 0.138 e. The first-order valence-electron chi connectivity index (χ1n) is 4.82. The summed E-state index contributed by atoms with van der Waals surface area (Å²) in [4.78, 5) is 4.59. The van der Waals surface area contributed by atoms with E-state index in [-0.39, 0.29) is 0 Å². The number of hydrogen-bond donors (Lipinski definition) is 0. The van der Waals surface area contributed by atoms with Gasteiger partial charge in [-0.15, -0.1) is 0 Å². The Morgan fingerprint density at radius 3 is 3.00 bits per heavy atom. The van der Waals surface area contributed by atoms with Crippen molar-refractivity contribution in [3.05, 3.63) is 35.2 Å². The fourth-order valence-electron chi connectivity index (χ4n) is 1.69. The molecule has 2 aromatic heterocycles. The van der Waals surface area contributed by atoms with E-state index in [0.29, 0.717) is 5.41 Å². The molecule has 2 nitrogen and oxygen atoms in total. The van der Waals surface area contributed by atoms with Gasteiger partial charge in [0.1, 0.15) is 5.65 Å². The van der Waals surface area contributed by atoms with Crippen LogP contribution in [0.5, 0.6) is 0 Å². The second-order valence-electron chi connectivity index (χ2n) is 4.30. The zero-order valence-electron chi connectivity index (χ0n) is 8.00. The molecule has 0 spiro atoms. The minimum Gasteiger partial charge on any atom is -0.307 e. The normalized spacial score (nSPS) is 18.7. The average molecular weight is 207 g/mol. The predicted octanol–water partition coefficient (Wildman–Crippen LogP) is 3.04. The molecule has 72 valence electrons. The van der Waals surface area contributed by atoms with Gasteiger partial charge in [-0.1, -0.05) is 18.5 Å². The Bertz CT molecular complexity index is 497. The molecule has 0 aliphatic heterocycles. The predicted molar refractivity (Wildman–Crippen MR) is 56.8 cm³/mol. The highest BCUT2D eigenvalue weighted by molar-refractivity contribution is 6.30. The summed E-state index contributed by atoms with van der Waals surface area (Å²) < 4.78 is 2.03. The molecule has 1 saturated carbocycles. The SMILES string of the molecule is CC1(c2cn3ccc(Cl)cc3n2)CC1. The van der Waals surface area contributed by atoms with E-state index >= 15 is 0 Å². The van der Waals surface area contributed by atoms with Crippen LogP contribution in [-0.2, 0) is 5.41 Å². The molecule has 3 rings (SSSR count). The molecule has 14 heavy (non-hydrogen) atoms. The van der Waals surface area contributed by atoms with Crippen LogP contribution in [0.3, 0.4) is 0 Å². The van der Waals surface area contributed by atoms with Gasteiger partial charge in [-0.25, -0.2) is 4.98 Å². The van der Waals surface area contributed by atoms with Gasteiger partial charge in [0.2, 0.25) is 0 Å². The lowest BCUT2D eigenvalue weighted by atomic mass is 10.1. The molecule has 0 bridgehead atoms. The Balaban J connectivity index is 2.20. The van der Waals surface area contributed by atoms with E-state index in [0.717, 1.165) is 10.7 Å². The summed E-state index contributed by atoms with van der Waals surface area (Å²) in [7, 11) is 0. The topological polar surface area (TPSA) is 17.3 Å². The summed E-state index contributed by atoms with van der Waals surface area (Å²) >= 11 is 5.90. The molecule has 0 radical (unpaired) electrons. The highest BCUT2D eigenvalue weighted by atomic mass is 35.5. The first kappa shape index (κ1) is 8.30. The third-order valence-electron chi connectivity index (χ3n) is 3.04. The third kappa shape index (κ3) is 1.14. The van der Waals surface area contributed by atoms with Crippen molar-refractivity contribution in [2.75, 3.05) is 0 Å². The third-order valence-corrected chi connectivity index (χ3v) is 3.28. The second-order valence-corrected chi connectivity index (χ2v) is 4.73. The molecular weight excluding hydrogens is 196 g/mol. The van der Waals surface area contributed by atoms with Crippen molar-refractivity contribution in [3.8, 4) is 0 Å². The molecule has 2 heterocycles. The maximum atomic E-state index is 5.90. The number of halogens is 1. The highest BCUT2D eigenvalue weighted by Gasteiger charge is 2.41. The molecular formula is C11H11ClN2. The molecule has 0 amide bonds. The zero-order valence-corrected chi connectivity index (χ0v) is 8.75. The molecule has 0 saturated heterocycles. The number of imidazole rings is 1. The Kier molecular flexibility index (Phi) is 1.49. The number of nitrogens with zero attached hydrogens (tertiary/aromatic N) is 2. The van der Waals surface area contributed by atoms with Gasteiger partial charge in [0, 0.05) is 22.8 Å². The van der Waals surface area contributed by atoms with E-state index in [1.807, 2.05) is 22.7 Å². The number of hydrogen-bond acceptors (Lipinski definition) is 1. The van der Waals surface area contributed by atoms with Crippen molar-refractivity contribution >= 4 is 17.2 Å². The summed E-state index contributed by atoms with van der Waals surface area (Å²) in [5.41, 5.74) is 2.47. The van der Waals surface area contributed by atoms with Crippen LogP contribution in [-0.4, -0.2) is 9.38 Å². The second kappa shape index (κ2) is 2.51. The molecule has 0 unspecified atom stereocenters. The van der Waals surface area contributed by atoms with Crippen LogP contribution in [0.25, 0.3) is 5.65 Å². The van der Waals surface area contributed by atoms with Crippen LogP contribution < -0.4 is 0 Å². The van der Waals surface area contributed by atoms with Crippen LogP contribution >= 0.6 is 11.6 Å². The molecule has 2 aromatic rings. The van der Waals surface area contributed by atoms with Crippen LogP contribution in [0.4, 0.5) is 0 Å². The molecule has 1 aliphatic carbocycles. The van der Waals surface area contributed by atoms with Gasteiger partial charge in [0.15, 0.2) is 0 Å². The quantitative estimate of drug-likeness (QED) is 0.701. The lowest BCUT2D eigenvalue weighted by Gasteiger charge is -1.99. The van der Waals surface area contributed by atoms with E-state index in [4.69, 9.17) is 11.6 Å². The maximum absolute atomic E-state index is 5.90. The van der Waals surface area contributed by atoms with Crippen LogP contribution in [0.2, 0.25) is 5.02 Å². The summed E-state index contributed by atoms with van der Waals surface area (Å²) in [6, 6.07) is 3.78. The van der Waals surface area contributed by atoms with E-state index in [1.54, 1.807) is 0 Å². The lowest BCUT2D eigenvalue weighted by Crippen LogP contribution is -1.98. The molecule has 0 N–H and O–H groups in total. The Hall–Kier alpha value is -1.02. The number of pyridine rings is 1. The first-order chi connectivity index (χ1) is 6.67. The molecule has 1 fully saturated rings. The van der Waals surface area contributed by atoms with E-state index in [9.17, 15) is 0 Å². The van der Waals surface area contributed by atoms with Gasteiger partial charge >= 0.3 is 0 Å². The Labute approximate surface area is 87.5 Å². The number of aromatic nitrogens is 2. The summed E-state index contributed by atoms with van der Waals surface area (Å²) in [6.07, 6.45) is 6.58. The van der Waals surface area contributed by atoms with Crippen LogP contribution in [0.15, 0.2) is 24.5 Å². The van der Waals surface area contributed by atoms with Gasteiger partial charge in [-0.05, 0) is 25.0 Å². The van der Waals surface area contributed by atoms with Crippen molar-refractivity contribution in [3.63, 3.8) is 0 Å². The molecule has 0 aromatic carbocycles. The molecule has 1 aliphatic rings. The van der Waals surface area contributed by atoms with E-state index in [1.165, 1.54) is 18.5 Å². The van der Waals surface area contributed by atoms with Crippen molar-refractivity contribution in [1.29, 1.82) is 0 Å². The Morgan fingerprint density at radius 1 is 1.50 bits per heavy atom. The fraction of sp³-hybridized carbons (Fsp3) is 0.364. The monoisotopic (exact) mass is 206 g/mol. The van der Waals surface area contributed by atoms with Crippen LogP contribution in [0.1, 0.15) is 25.5 Å². The molecule has 0 atom stereocenters.